The maximum atomic E-state index is 12.0. The fraction of sp³-hybridized carbons (Fsp3) is 0.611. The molecule has 0 saturated heterocycles. The molecule has 0 aromatic heterocycles. The van der Waals surface area contributed by atoms with Gasteiger partial charge in [0, 0.05) is 5.88 Å². The van der Waals surface area contributed by atoms with E-state index in [9.17, 15) is 4.79 Å². The van der Waals surface area contributed by atoms with Gasteiger partial charge in [-0.1, -0.05) is 19.9 Å². The molecule has 22 heavy (non-hydrogen) atoms. The van der Waals surface area contributed by atoms with Crippen molar-refractivity contribution < 1.29 is 9.53 Å². The number of amides is 1. The first-order chi connectivity index (χ1) is 10.2. The molecule has 0 fully saturated rings. The molecule has 1 unspecified atom stereocenters. The Morgan fingerprint density at radius 3 is 2.45 bits per heavy atom. The van der Waals surface area contributed by atoms with Crippen LogP contribution in [0.25, 0.3) is 0 Å². The van der Waals surface area contributed by atoms with E-state index in [-0.39, 0.29) is 12.0 Å². The highest BCUT2D eigenvalue weighted by atomic mass is 35.5. The van der Waals surface area contributed by atoms with Gasteiger partial charge in [-0.2, -0.15) is 0 Å². The summed E-state index contributed by atoms with van der Waals surface area (Å²) in [5.41, 5.74) is 2.00. The molecule has 0 aliphatic carbocycles. The van der Waals surface area contributed by atoms with Gasteiger partial charge in [0.1, 0.15) is 11.9 Å². The van der Waals surface area contributed by atoms with Crippen LogP contribution in [-0.4, -0.2) is 24.4 Å². The summed E-state index contributed by atoms with van der Waals surface area (Å²) in [7, 11) is 0. The number of rotatable bonds is 7. The van der Waals surface area contributed by atoms with Gasteiger partial charge < -0.3 is 10.1 Å². The summed E-state index contributed by atoms with van der Waals surface area (Å²) in [6.45, 7) is 12.5. The van der Waals surface area contributed by atoms with Gasteiger partial charge >= 0.3 is 0 Å². The van der Waals surface area contributed by atoms with E-state index in [1.165, 1.54) is 11.1 Å². The van der Waals surface area contributed by atoms with Crippen LogP contribution in [0.1, 0.15) is 51.7 Å². The fourth-order valence-corrected chi connectivity index (χ4v) is 2.30. The standard InChI is InChI=1S/C18H28ClNO2/c1-12(2)16-8-7-15(9-13(16)3)22-14(4)10-20-17(21)18(5,6)11-19/h7-9,12,14H,10-11H2,1-6H3,(H,20,21). The first kappa shape index (κ1) is 18.8. The van der Waals surface area contributed by atoms with Crippen molar-refractivity contribution in [1.82, 2.24) is 5.32 Å². The van der Waals surface area contributed by atoms with Gasteiger partial charge in [0.25, 0.3) is 0 Å². The quantitative estimate of drug-likeness (QED) is 0.760. The van der Waals surface area contributed by atoms with Crippen LogP contribution in [0.5, 0.6) is 5.75 Å². The molecular formula is C18H28ClNO2. The molecule has 3 nitrogen and oxygen atoms in total. The lowest BCUT2D eigenvalue weighted by Gasteiger charge is -2.22. The molecule has 1 aromatic carbocycles. The molecule has 124 valence electrons. The third-order valence-corrected chi connectivity index (χ3v) is 4.37. The van der Waals surface area contributed by atoms with Crippen LogP contribution < -0.4 is 10.1 Å². The molecule has 0 heterocycles. The van der Waals surface area contributed by atoms with Gasteiger partial charge in [0.05, 0.1) is 12.0 Å². The number of hydrogen-bond acceptors (Lipinski definition) is 2. The van der Waals surface area contributed by atoms with E-state index in [0.29, 0.717) is 18.3 Å². The lowest BCUT2D eigenvalue weighted by atomic mass is 9.95. The summed E-state index contributed by atoms with van der Waals surface area (Å²) in [5, 5.41) is 2.89. The van der Waals surface area contributed by atoms with Crippen LogP contribution in [0.4, 0.5) is 0 Å². The molecule has 0 aliphatic heterocycles. The van der Waals surface area contributed by atoms with Gasteiger partial charge in [-0.3, -0.25) is 4.79 Å². The van der Waals surface area contributed by atoms with Gasteiger partial charge in [0.2, 0.25) is 5.91 Å². The number of benzene rings is 1. The Hall–Kier alpha value is -1.22. The summed E-state index contributed by atoms with van der Waals surface area (Å²) in [6, 6.07) is 6.15. The van der Waals surface area contributed by atoms with Crippen LogP contribution in [0.3, 0.4) is 0 Å². The highest BCUT2D eigenvalue weighted by Gasteiger charge is 2.26. The van der Waals surface area contributed by atoms with E-state index >= 15 is 0 Å². The SMILES string of the molecule is Cc1cc(OC(C)CNC(=O)C(C)(C)CCl)ccc1C(C)C. The zero-order valence-electron chi connectivity index (χ0n) is 14.5. The van der Waals surface area contributed by atoms with Crippen LogP contribution in [0.2, 0.25) is 0 Å². The van der Waals surface area contributed by atoms with Gasteiger partial charge in [-0.05, 0) is 56.9 Å². The second-order valence-electron chi connectivity index (χ2n) is 6.83. The summed E-state index contributed by atoms with van der Waals surface area (Å²) < 4.78 is 5.88. The van der Waals surface area contributed by atoms with Crippen molar-refractivity contribution in [2.75, 3.05) is 12.4 Å². The average Bonchev–Trinajstić information content (AvgIpc) is 2.44. The third-order valence-electron chi connectivity index (χ3n) is 3.70. The molecular weight excluding hydrogens is 298 g/mol. The predicted molar refractivity (Wildman–Crippen MR) is 92.9 cm³/mol. The maximum Gasteiger partial charge on any atom is 0.226 e. The molecule has 1 rings (SSSR count). The summed E-state index contributed by atoms with van der Waals surface area (Å²) in [6.07, 6.45) is -0.0978. The molecule has 1 aromatic rings. The number of halogens is 1. The number of ether oxygens (including phenoxy) is 1. The molecule has 0 aliphatic rings. The highest BCUT2D eigenvalue weighted by molar-refractivity contribution is 6.19. The van der Waals surface area contributed by atoms with E-state index in [1.807, 2.05) is 26.8 Å². The molecule has 1 amide bonds. The monoisotopic (exact) mass is 325 g/mol. The Kier molecular flexibility index (Phi) is 6.73. The van der Waals surface area contributed by atoms with Crippen molar-refractivity contribution >= 4 is 17.5 Å². The molecule has 1 N–H and O–H groups in total. The minimum atomic E-state index is -0.559. The third kappa shape index (κ3) is 5.20. The summed E-state index contributed by atoms with van der Waals surface area (Å²) in [5.74, 6) is 1.58. The smallest absolute Gasteiger partial charge is 0.226 e. The molecule has 1 atom stereocenters. The summed E-state index contributed by atoms with van der Waals surface area (Å²) >= 11 is 5.80. The van der Waals surface area contributed by atoms with Crippen molar-refractivity contribution in [3.05, 3.63) is 29.3 Å². The van der Waals surface area contributed by atoms with E-state index in [0.717, 1.165) is 5.75 Å². The van der Waals surface area contributed by atoms with E-state index < -0.39 is 5.41 Å². The highest BCUT2D eigenvalue weighted by Crippen LogP contribution is 2.24. The van der Waals surface area contributed by atoms with E-state index in [2.05, 4.69) is 38.2 Å². The van der Waals surface area contributed by atoms with Crippen molar-refractivity contribution in [2.45, 2.75) is 53.6 Å². The van der Waals surface area contributed by atoms with E-state index in [4.69, 9.17) is 16.3 Å². The number of carbonyl (C=O) groups is 1. The van der Waals surface area contributed by atoms with Gasteiger partial charge in [-0.25, -0.2) is 0 Å². The van der Waals surface area contributed by atoms with Crippen LogP contribution >= 0.6 is 11.6 Å². The Bertz CT molecular complexity index is 512. The largest absolute Gasteiger partial charge is 0.489 e. The number of nitrogens with one attached hydrogen (secondary N) is 1. The molecule has 4 heteroatoms. The molecule has 0 saturated carbocycles. The Balaban J connectivity index is 2.57. The molecule has 0 spiro atoms. The van der Waals surface area contributed by atoms with E-state index in [1.54, 1.807) is 0 Å². The fourth-order valence-electron chi connectivity index (χ4n) is 2.18. The number of aryl methyl sites for hydroxylation is 1. The number of hydrogen-bond donors (Lipinski definition) is 1. The Morgan fingerprint density at radius 1 is 1.32 bits per heavy atom. The number of alkyl halides is 1. The average molecular weight is 326 g/mol. The summed E-state index contributed by atoms with van der Waals surface area (Å²) in [4.78, 5) is 12.0. The Morgan fingerprint density at radius 2 is 1.95 bits per heavy atom. The predicted octanol–water partition coefficient (Wildman–Crippen LogP) is 4.27. The first-order valence-corrected chi connectivity index (χ1v) is 8.32. The molecule has 0 bridgehead atoms. The maximum absolute atomic E-state index is 12.0. The van der Waals surface area contributed by atoms with Crippen molar-refractivity contribution in [3.63, 3.8) is 0 Å². The second-order valence-corrected chi connectivity index (χ2v) is 7.10. The lowest BCUT2D eigenvalue weighted by molar-refractivity contribution is -0.128. The van der Waals surface area contributed by atoms with Gasteiger partial charge in [-0.15, -0.1) is 11.6 Å². The first-order valence-electron chi connectivity index (χ1n) is 7.79. The second kappa shape index (κ2) is 7.87. The zero-order valence-corrected chi connectivity index (χ0v) is 15.3. The van der Waals surface area contributed by atoms with Crippen LogP contribution in [0.15, 0.2) is 18.2 Å². The normalized spacial score (nSPS) is 13.1. The minimum Gasteiger partial charge on any atom is -0.489 e. The van der Waals surface area contributed by atoms with Crippen molar-refractivity contribution in [1.29, 1.82) is 0 Å². The number of carbonyl (C=O) groups excluding carboxylic acids is 1. The minimum absolute atomic E-state index is 0.0516. The van der Waals surface area contributed by atoms with Crippen LogP contribution in [-0.2, 0) is 4.79 Å². The Labute approximate surface area is 139 Å². The van der Waals surface area contributed by atoms with Crippen molar-refractivity contribution in [2.24, 2.45) is 5.41 Å². The lowest BCUT2D eigenvalue weighted by Crippen LogP contribution is -2.42. The topological polar surface area (TPSA) is 38.3 Å². The van der Waals surface area contributed by atoms with Gasteiger partial charge in [0.15, 0.2) is 0 Å². The molecule has 0 radical (unpaired) electrons. The van der Waals surface area contributed by atoms with Crippen molar-refractivity contribution in [3.8, 4) is 5.75 Å². The van der Waals surface area contributed by atoms with Crippen LogP contribution in [0, 0.1) is 12.3 Å². The zero-order chi connectivity index (χ0) is 16.9.